The van der Waals surface area contributed by atoms with Gasteiger partial charge in [-0.25, -0.2) is 15.0 Å². The zero-order valence-electron chi connectivity index (χ0n) is 11.0. The maximum atomic E-state index is 5.77. The van der Waals surface area contributed by atoms with Gasteiger partial charge in [-0.05, 0) is 24.8 Å². The standard InChI is InChI=1S/C13H18N4S/c1-8(2)4-10-11(5-14)18-13(17-10)12-15-6-9(3)7-16-12/h6-8H,4-5,14H2,1-3H3. The molecule has 2 rings (SSSR count). The molecule has 4 nitrogen and oxygen atoms in total. The first-order chi connectivity index (χ1) is 8.60. The van der Waals surface area contributed by atoms with Gasteiger partial charge in [-0.2, -0.15) is 0 Å². The van der Waals surface area contributed by atoms with Crippen molar-refractivity contribution >= 4 is 11.3 Å². The van der Waals surface area contributed by atoms with Crippen molar-refractivity contribution in [2.75, 3.05) is 0 Å². The zero-order chi connectivity index (χ0) is 13.1. The van der Waals surface area contributed by atoms with E-state index in [0.717, 1.165) is 27.6 Å². The molecule has 0 fully saturated rings. The van der Waals surface area contributed by atoms with E-state index in [1.165, 1.54) is 0 Å². The van der Waals surface area contributed by atoms with Crippen LogP contribution in [-0.2, 0) is 13.0 Å². The minimum absolute atomic E-state index is 0.533. The lowest BCUT2D eigenvalue weighted by atomic mass is 10.1. The predicted octanol–water partition coefficient (Wildman–Crippen LogP) is 2.57. The minimum atomic E-state index is 0.533. The molecule has 0 saturated heterocycles. The summed E-state index contributed by atoms with van der Waals surface area (Å²) in [6.07, 6.45) is 4.58. The monoisotopic (exact) mass is 262 g/mol. The SMILES string of the molecule is Cc1cnc(-c2nc(CC(C)C)c(CN)s2)nc1. The van der Waals surface area contributed by atoms with Gasteiger partial charge in [0, 0.05) is 23.8 Å². The molecule has 5 heteroatoms. The molecule has 18 heavy (non-hydrogen) atoms. The molecule has 0 atom stereocenters. The van der Waals surface area contributed by atoms with E-state index in [1.807, 2.05) is 19.3 Å². The molecule has 0 bridgehead atoms. The molecule has 2 aromatic heterocycles. The third-order valence-corrected chi connectivity index (χ3v) is 3.65. The zero-order valence-corrected chi connectivity index (χ0v) is 11.8. The summed E-state index contributed by atoms with van der Waals surface area (Å²) < 4.78 is 0. The molecule has 0 saturated carbocycles. The number of aryl methyl sites for hydroxylation is 1. The van der Waals surface area contributed by atoms with E-state index in [1.54, 1.807) is 11.3 Å². The topological polar surface area (TPSA) is 64.7 Å². The van der Waals surface area contributed by atoms with Crippen molar-refractivity contribution in [2.24, 2.45) is 11.7 Å². The van der Waals surface area contributed by atoms with Crippen LogP contribution in [0, 0.1) is 12.8 Å². The van der Waals surface area contributed by atoms with E-state index in [9.17, 15) is 0 Å². The van der Waals surface area contributed by atoms with E-state index >= 15 is 0 Å². The highest BCUT2D eigenvalue weighted by Crippen LogP contribution is 2.26. The van der Waals surface area contributed by atoms with Gasteiger partial charge in [0.2, 0.25) is 0 Å². The Kier molecular flexibility index (Phi) is 4.04. The highest BCUT2D eigenvalue weighted by Gasteiger charge is 2.14. The van der Waals surface area contributed by atoms with Crippen molar-refractivity contribution in [1.29, 1.82) is 0 Å². The van der Waals surface area contributed by atoms with E-state index in [2.05, 4.69) is 28.8 Å². The normalized spacial score (nSPS) is 11.2. The molecule has 2 N–H and O–H groups in total. The molecule has 0 aromatic carbocycles. The van der Waals surface area contributed by atoms with Crippen LogP contribution in [0.25, 0.3) is 10.8 Å². The smallest absolute Gasteiger partial charge is 0.188 e. The van der Waals surface area contributed by atoms with Gasteiger partial charge in [-0.1, -0.05) is 13.8 Å². The van der Waals surface area contributed by atoms with Crippen molar-refractivity contribution in [3.63, 3.8) is 0 Å². The third-order valence-electron chi connectivity index (χ3n) is 2.54. The summed E-state index contributed by atoms with van der Waals surface area (Å²) in [5.41, 5.74) is 7.92. The highest BCUT2D eigenvalue weighted by atomic mass is 32.1. The highest BCUT2D eigenvalue weighted by molar-refractivity contribution is 7.15. The Balaban J connectivity index is 2.34. The second-order valence-corrected chi connectivity index (χ2v) is 5.86. The lowest BCUT2D eigenvalue weighted by molar-refractivity contribution is 0.634. The summed E-state index contributed by atoms with van der Waals surface area (Å²) in [6, 6.07) is 0. The van der Waals surface area contributed by atoms with Gasteiger partial charge in [-0.3, -0.25) is 0 Å². The third kappa shape index (κ3) is 2.91. The minimum Gasteiger partial charge on any atom is -0.326 e. The Morgan fingerprint density at radius 3 is 2.50 bits per heavy atom. The van der Waals surface area contributed by atoms with Crippen LogP contribution >= 0.6 is 11.3 Å². The second-order valence-electron chi connectivity index (χ2n) is 4.78. The Morgan fingerprint density at radius 1 is 1.28 bits per heavy atom. The quantitative estimate of drug-likeness (QED) is 0.919. The molecule has 2 aromatic rings. The lowest BCUT2D eigenvalue weighted by Crippen LogP contribution is -2.02. The van der Waals surface area contributed by atoms with Gasteiger partial charge in [0.25, 0.3) is 0 Å². The van der Waals surface area contributed by atoms with Crippen molar-refractivity contribution in [1.82, 2.24) is 15.0 Å². The number of aromatic nitrogens is 3. The van der Waals surface area contributed by atoms with Gasteiger partial charge >= 0.3 is 0 Å². The molecule has 0 unspecified atom stereocenters. The summed E-state index contributed by atoms with van der Waals surface area (Å²) in [6.45, 7) is 6.87. The number of rotatable bonds is 4. The molecule has 0 aliphatic carbocycles. The molecule has 0 spiro atoms. The van der Waals surface area contributed by atoms with Gasteiger partial charge in [0.1, 0.15) is 0 Å². The molecule has 0 radical (unpaired) electrons. The molecule has 2 heterocycles. The fourth-order valence-electron chi connectivity index (χ4n) is 1.69. The summed E-state index contributed by atoms with van der Waals surface area (Å²) in [4.78, 5) is 14.4. The van der Waals surface area contributed by atoms with Gasteiger partial charge in [0.15, 0.2) is 10.8 Å². The fourth-order valence-corrected chi connectivity index (χ4v) is 2.60. The van der Waals surface area contributed by atoms with Crippen LogP contribution in [-0.4, -0.2) is 15.0 Å². The predicted molar refractivity (Wildman–Crippen MR) is 74.3 cm³/mol. The maximum absolute atomic E-state index is 5.77. The first-order valence-corrected chi connectivity index (χ1v) is 6.89. The number of thiazole rings is 1. The Morgan fingerprint density at radius 2 is 1.94 bits per heavy atom. The lowest BCUT2D eigenvalue weighted by Gasteiger charge is -2.02. The van der Waals surface area contributed by atoms with Crippen molar-refractivity contribution in [3.8, 4) is 10.8 Å². The second kappa shape index (κ2) is 5.54. The molecule has 0 aliphatic heterocycles. The van der Waals surface area contributed by atoms with Crippen molar-refractivity contribution < 1.29 is 0 Å². The van der Waals surface area contributed by atoms with Crippen LogP contribution in [0.4, 0.5) is 0 Å². The fraction of sp³-hybridized carbons (Fsp3) is 0.462. The molecular formula is C13H18N4S. The van der Waals surface area contributed by atoms with Gasteiger partial charge in [-0.15, -0.1) is 11.3 Å². The Hall–Kier alpha value is -1.33. The largest absolute Gasteiger partial charge is 0.326 e. The number of hydrogen-bond acceptors (Lipinski definition) is 5. The number of nitrogens with zero attached hydrogens (tertiary/aromatic N) is 3. The first kappa shape index (κ1) is 13.1. The average Bonchev–Trinajstić information content (AvgIpc) is 2.72. The van der Waals surface area contributed by atoms with Crippen LogP contribution < -0.4 is 5.73 Å². The van der Waals surface area contributed by atoms with E-state index in [4.69, 9.17) is 5.73 Å². The van der Waals surface area contributed by atoms with Crippen molar-refractivity contribution in [3.05, 3.63) is 28.5 Å². The first-order valence-electron chi connectivity index (χ1n) is 6.07. The average molecular weight is 262 g/mol. The van der Waals surface area contributed by atoms with E-state index < -0.39 is 0 Å². The van der Waals surface area contributed by atoms with Crippen LogP contribution in [0.2, 0.25) is 0 Å². The summed E-state index contributed by atoms with van der Waals surface area (Å²) in [7, 11) is 0. The summed E-state index contributed by atoms with van der Waals surface area (Å²) in [5.74, 6) is 1.26. The van der Waals surface area contributed by atoms with E-state index in [0.29, 0.717) is 18.3 Å². The molecular weight excluding hydrogens is 244 g/mol. The molecule has 96 valence electrons. The number of nitrogens with two attached hydrogens (primary N) is 1. The summed E-state index contributed by atoms with van der Waals surface area (Å²) >= 11 is 1.60. The van der Waals surface area contributed by atoms with Crippen LogP contribution in [0.3, 0.4) is 0 Å². The number of hydrogen-bond donors (Lipinski definition) is 1. The van der Waals surface area contributed by atoms with E-state index in [-0.39, 0.29) is 0 Å². The maximum Gasteiger partial charge on any atom is 0.188 e. The molecule has 0 amide bonds. The van der Waals surface area contributed by atoms with Crippen LogP contribution in [0.5, 0.6) is 0 Å². The summed E-state index contributed by atoms with van der Waals surface area (Å²) in [5, 5.41) is 0.867. The molecule has 0 aliphatic rings. The van der Waals surface area contributed by atoms with Gasteiger partial charge in [0.05, 0.1) is 5.69 Å². The van der Waals surface area contributed by atoms with Crippen molar-refractivity contribution in [2.45, 2.75) is 33.7 Å². The van der Waals surface area contributed by atoms with Gasteiger partial charge < -0.3 is 5.73 Å². The Labute approximate surface area is 111 Å². The van der Waals surface area contributed by atoms with Crippen LogP contribution in [0.15, 0.2) is 12.4 Å². The van der Waals surface area contributed by atoms with Crippen LogP contribution in [0.1, 0.15) is 30.0 Å². The Bertz CT molecular complexity index is 516.